The molecule has 3 N–H and O–H groups in total. The van der Waals surface area contributed by atoms with Gasteiger partial charge in [0.05, 0.1) is 0 Å². The van der Waals surface area contributed by atoms with Crippen LogP contribution in [0.4, 0.5) is 5.82 Å². The van der Waals surface area contributed by atoms with Crippen molar-refractivity contribution in [3.63, 3.8) is 0 Å². The Morgan fingerprint density at radius 2 is 2.21 bits per heavy atom. The van der Waals surface area contributed by atoms with Gasteiger partial charge in [-0.05, 0) is 36.0 Å². The molecular formula is C11H18N2O. The molecule has 3 nitrogen and oxygen atoms in total. The van der Waals surface area contributed by atoms with Crippen LogP contribution in [0.25, 0.3) is 0 Å². The highest BCUT2D eigenvalue weighted by Gasteiger charge is 2.15. The summed E-state index contributed by atoms with van der Waals surface area (Å²) in [6.45, 7) is 4.32. The molecule has 0 aromatic carbocycles. The van der Waals surface area contributed by atoms with E-state index < -0.39 is 0 Å². The quantitative estimate of drug-likeness (QED) is 0.765. The van der Waals surface area contributed by atoms with Crippen LogP contribution in [0.1, 0.15) is 25.8 Å². The molecule has 1 aromatic heterocycles. The van der Waals surface area contributed by atoms with Gasteiger partial charge in [0.25, 0.3) is 0 Å². The summed E-state index contributed by atoms with van der Waals surface area (Å²) in [4.78, 5) is 3.93. The maximum Gasteiger partial charge on any atom is 0.123 e. The van der Waals surface area contributed by atoms with Crippen molar-refractivity contribution in [2.24, 2.45) is 5.41 Å². The minimum Gasteiger partial charge on any atom is -0.396 e. The fourth-order valence-corrected chi connectivity index (χ4v) is 1.21. The molecular weight excluding hydrogens is 176 g/mol. The second-order valence-corrected chi connectivity index (χ2v) is 4.41. The number of nitrogens with zero attached hydrogens (tertiary/aromatic N) is 1. The maximum atomic E-state index is 9.09. The zero-order valence-corrected chi connectivity index (χ0v) is 8.83. The van der Waals surface area contributed by atoms with Gasteiger partial charge in [0.1, 0.15) is 5.82 Å². The van der Waals surface area contributed by atoms with Crippen molar-refractivity contribution in [1.82, 2.24) is 4.98 Å². The second-order valence-electron chi connectivity index (χ2n) is 4.41. The van der Waals surface area contributed by atoms with Crippen LogP contribution in [-0.4, -0.2) is 16.7 Å². The number of pyridine rings is 1. The summed E-state index contributed by atoms with van der Waals surface area (Å²) >= 11 is 0. The van der Waals surface area contributed by atoms with Crippen molar-refractivity contribution in [2.75, 3.05) is 12.3 Å². The Balaban J connectivity index is 2.54. The molecule has 0 radical (unpaired) electrons. The molecule has 0 spiro atoms. The van der Waals surface area contributed by atoms with Gasteiger partial charge >= 0.3 is 0 Å². The fraction of sp³-hybridized carbons (Fsp3) is 0.545. The highest BCUT2D eigenvalue weighted by Crippen LogP contribution is 2.21. The number of hydrogen-bond acceptors (Lipinski definition) is 3. The van der Waals surface area contributed by atoms with E-state index in [4.69, 9.17) is 10.8 Å². The summed E-state index contributed by atoms with van der Waals surface area (Å²) in [6, 6.07) is 3.84. The standard InChI is InChI=1S/C11H18N2O/c1-11(2,8-14)5-3-9-4-6-13-10(12)7-9/h4,6-7,14H,3,5,8H2,1-2H3,(H2,12,13). The molecule has 1 rings (SSSR count). The predicted molar refractivity (Wildman–Crippen MR) is 57.8 cm³/mol. The lowest BCUT2D eigenvalue weighted by molar-refractivity contribution is 0.151. The van der Waals surface area contributed by atoms with Crippen LogP contribution < -0.4 is 5.73 Å². The number of aryl methyl sites for hydroxylation is 1. The number of hydrogen-bond donors (Lipinski definition) is 2. The SMILES string of the molecule is CC(C)(CO)CCc1ccnc(N)c1. The molecule has 0 fully saturated rings. The molecule has 0 saturated heterocycles. The molecule has 1 aromatic rings. The maximum absolute atomic E-state index is 9.09. The lowest BCUT2D eigenvalue weighted by atomic mass is 9.87. The number of aromatic nitrogens is 1. The Hall–Kier alpha value is -1.09. The zero-order valence-electron chi connectivity index (χ0n) is 8.83. The molecule has 78 valence electrons. The Morgan fingerprint density at radius 3 is 2.79 bits per heavy atom. The van der Waals surface area contributed by atoms with E-state index in [1.54, 1.807) is 6.20 Å². The third-order valence-corrected chi connectivity index (χ3v) is 2.36. The highest BCUT2D eigenvalue weighted by molar-refractivity contribution is 5.31. The van der Waals surface area contributed by atoms with E-state index >= 15 is 0 Å². The molecule has 0 aliphatic rings. The Morgan fingerprint density at radius 1 is 1.50 bits per heavy atom. The first-order valence-electron chi connectivity index (χ1n) is 4.85. The first-order chi connectivity index (χ1) is 6.53. The zero-order chi connectivity index (χ0) is 10.6. The predicted octanol–water partition coefficient (Wildman–Crippen LogP) is 1.61. The molecule has 0 bridgehead atoms. The first-order valence-corrected chi connectivity index (χ1v) is 4.85. The minimum absolute atomic E-state index is 0.0158. The van der Waals surface area contributed by atoms with Crippen LogP contribution in [0.15, 0.2) is 18.3 Å². The van der Waals surface area contributed by atoms with E-state index in [9.17, 15) is 0 Å². The van der Waals surface area contributed by atoms with E-state index in [-0.39, 0.29) is 12.0 Å². The molecule has 0 unspecified atom stereocenters. The van der Waals surface area contributed by atoms with Gasteiger partial charge in [0.15, 0.2) is 0 Å². The number of nitrogens with two attached hydrogens (primary N) is 1. The van der Waals surface area contributed by atoms with Gasteiger partial charge in [0, 0.05) is 12.8 Å². The molecule has 0 aliphatic carbocycles. The van der Waals surface area contributed by atoms with Crippen LogP contribution in [0, 0.1) is 5.41 Å². The van der Waals surface area contributed by atoms with Crippen molar-refractivity contribution in [2.45, 2.75) is 26.7 Å². The van der Waals surface area contributed by atoms with E-state index in [0.29, 0.717) is 5.82 Å². The van der Waals surface area contributed by atoms with Crippen LogP contribution in [0.5, 0.6) is 0 Å². The minimum atomic E-state index is -0.0158. The Bertz CT molecular complexity index is 297. The fourth-order valence-electron chi connectivity index (χ4n) is 1.21. The summed E-state index contributed by atoms with van der Waals surface area (Å²) in [5.74, 6) is 0.560. The van der Waals surface area contributed by atoms with Gasteiger partial charge < -0.3 is 10.8 Å². The molecule has 0 atom stereocenters. The van der Waals surface area contributed by atoms with E-state index in [1.807, 2.05) is 12.1 Å². The van der Waals surface area contributed by atoms with E-state index in [1.165, 1.54) is 5.56 Å². The summed E-state index contributed by atoms with van der Waals surface area (Å²) in [6.07, 6.45) is 3.60. The van der Waals surface area contributed by atoms with Gasteiger partial charge in [-0.25, -0.2) is 4.98 Å². The van der Waals surface area contributed by atoms with Crippen molar-refractivity contribution in [3.05, 3.63) is 23.9 Å². The number of aliphatic hydroxyl groups is 1. The van der Waals surface area contributed by atoms with Crippen molar-refractivity contribution < 1.29 is 5.11 Å². The normalized spacial score (nSPS) is 11.6. The van der Waals surface area contributed by atoms with Gasteiger partial charge in [0.2, 0.25) is 0 Å². The van der Waals surface area contributed by atoms with Gasteiger partial charge in [-0.15, -0.1) is 0 Å². The summed E-state index contributed by atoms with van der Waals surface area (Å²) in [5, 5.41) is 9.09. The summed E-state index contributed by atoms with van der Waals surface area (Å²) in [7, 11) is 0. The van der Waals surface area contributed by atoms with Gasteiger partial charge in [-0.2, -0.15) is 0 Å². The topological polar surface area (TPSA) is 59.1 Å². The van der Waals surface area contributed by atoms with Crippen molar-refractivity contribution in [3.8, 4) is 0 Å². The van der Waals surface area contributed by atoms with Gasteiger partial charge in [-0.1, -0.05) is 13.8 Å². The molecule has 0 amide bonds. The van der Waals surface area contributed by atoms with E-state index in [2.05, 4.69) is 18.8 Å². The van der Waals surface area contributed by atoms with Crippen molar-refractivity contribution in [1.29, 1.82) is 0 Å². The van der Waals surface area contributed by atoms with E-state index in [0.717, 1.165) is 12.8 Å². The third kappa shape index (κ3) is 3.34. The summed E-state index contributed by atoms with van der Waals surface area (Å²) in [5.41, 5.74) is 6.73. The average molecular weight is 194 g/mol. The lowest BCUT2D eigenvalue weighted by Gasteiger charge is -2.21. The number of nitrogen functional groups attached to an aromatic ring is 1. The van der Waals surface area contributed by atoms with Crippen LogP contribution in [0.2, 0.25) is 0 Å². The molecule has 0 saturated carbocycles. The smallest absolute Gasteiger partial charge is 0.123 e. The van der Waals surface area contributed by atoms with Crippen molar-refractivity contribution >= 4 is 5.82 Å². The third-order valence-electron chi connectivity index (χ3n) is 2.36. The largest absolute Gasteiger partial charge is 0.396 e. The molecule has 3 heteroatoms. The lowest BCUT2D eigenvalue weighted by Crippen LogP contribution is -2.17. The summed E-state index contributed by atoms with van der Waals surface area (Å²) < 4.78 is 0. The first kappa shape index (κ1) is 11.0. The molecule has 14 heavy (non-hydrogen) atoms. The van der Waals surface area contributed by atoms with Crippen LogP contribution in [-0.2, 0) is 6.42 Å². The monoisotopic (exact) mass is 194 g/mol. The Kier molecular flexibility index (Phi) is 3.47. The average Bonchev–Trinajstić information content (AvgIpc) is 2.15. The number of aliphatic hydroxyl groups excluding tert-OH is 1. The van der Waals surface area contributed by atoms with Gasteiger partial charge in [-0.3, -0.25) is 0 Å². The molecule has 0 aliphatic heterocycles. The Labute approximate surface area is 85.0 Å². The second kappa shape index (κ2) is 4.42. The highest BCUT2D eigenvalue weighted by atomic mass is 16.3. The number of rotatable bonds is 4. The van der Waals surface area contributed by atoms with Crippen LogP contribution in [0.3, 0.4) is 0 Å². The molecule has 1 heterocycles. The number of anilines is 1. The van der Waals surface area contributed by atoms with Crippen LogP contribution >= 0.6 is 0 Å².